The Labute approximate surface area is 164 Å². The van der Waals surface area contributed by atoms with E-state index >= 15 is 0 Å². The Bertz CT molecular complexity index is 949. The number of hydrogen-bond acceptors (Lipinski definition) is 5. The minimum absolute atomic E-state index is 0.179. The van der Waals surface area contributed by atoms with Gasteiger partial charge in [0, 0.05) is 29.9 Å². The number of carbonyl (C=O) groups is 1. The minimum atomic E-state index is -0.179. The lowest BCUT2D eigenvalue weighted by Crippen LogP contribution is -2.19. The summed E-state index contributed by atoms with van der Waals surface area (Å²) in [4.78, 5) is 14.7. The standard InChI is InChI=1S/C22H22N4O2/c1-28-19-6-4-5-17(15-19)22(27)23-18-9-7-16(8-10-18)20-11-12-21(25-24-20)26-13-2-3-14-26/h4-12,15H,2-3,13-14H2,1H3,(H,23,27). The van der Waals surface area contributed by atoms with Gasteiger partial charge in [-0.05, 0) is 55.3 Å². The molecule has 1 amide bonds. The number of rotatable bonds is 5. The first-order valence-electron chi connectivity index (χ1n) is 9.37. The second kappa shape index (κ2) is 8.08. The maximum Gasteiger partial charge on any atom is 0.255 e. The first-order valence-corrected chi connectivity index (χ1v) is 9.37. The highest BCUT2D eigenvalue weighted by Gasteiger charge is 2.14. The topological polar surface area (TPSA) is 67.3 Å². The van der Waals surface area contributed by atoms with E-state index in [1.165, 1.54) is 12.8 Å². The smallest absolute Gasteiger partial charge is 0.255 e. The fourth-order valence-corrected chi connectivity index (χ4v) is 3.29. The molecule has 2 heterocycles. The monoisotopic (exact) mass is 374 g/mol. The third-order valence-corrected chi connectivity index (χ3v) is 4.85. The Kier molecular flexibility index (Phi) is 5.19. The van der Waals surface area contributed by atoms with Crippen LogP contribution in [-0.2, 0) is 0 Å². The maximum absolute atomic E-state index is 12.4. The zero-order valence-corrected chi connectivity index (χ0v) is 15.8. The van der Waals surface area contributed by atoms with E-state index in [0.29, 0.717) is 11.3 Å². The molecule has 2 aromatic carbocycles. The first kappa shape index (κ1) is 18.0. The Morgan fingerprint density at radius 3 is 2.46 bits per heavy atom. The van der Waals surface area contributed by atoms with Crippen LogP contribution in [-0.4, -0.2) is 36.3 Å². The van der Waals surface area contributed by atoms with Gasteiger partial charge in [-0.15, -0.1) is 10.2 Å². The van der Waals surface area contributed by atoms with Crippen LogP contribution in [0, 0.1) is 0 Å². The summed E-state index contributed by atoms with van der Waals surface area (Å²) in [5.74, 6) is 1.41. The summed E-state index contributed by atoms with van der Waals surface area (Å²) < 4.78 is 5.16. The third-order valence-electron chi connectivity index (χ3n) is 4.85. The molecule has 4 rings (SSSR count). The van der Waals surface area contributed by atoms with Crippen molar-refractivity contribution < 1.29 is 9.53 Å². The van der Waals surface area contributed by atoms with Gasteiger partial charge in [0.1, 0.15) is 5.75 Å². The normalized spacial score (nSPS) is 13.4. The van der Waals surface area contributed by atoms with Crippen molar-refractivity contribution in [2.24, 2.45) is 0 Å². The number of anilines is 2. The molecule has 1 fully saturated rings. The fraction of sp³-hybridized carbons (Fsp3) is 0.227. The van der Waals surface area contributed by atoms with Crippen molar-refractivity contribution in [2.75, 3.05) is 30.4 Å². The Balaban J connectivity index is 1.44. The number of amides is 1. The van der Waals surface area contributed by atoms with Gasteiger partial charge < -0.3 is 15.0 Å². The molecule has 6 nitrogen and oxygen atoms in total. The van der Waals surface area contributed by atoms with Gasteiger partial charge in [0.25, 0.3) is 5.91 Å². The quantitative estimate of drug-likeness (QED) is 0.731. The zero-order valence-electron chi connectivity index (χ0n) is 15.8. The van der Waals surface area contributed by atoms with Crippen LogP contribution in [0.3, 0.4) is 0 Å². The molecule has 1 saturated heterocycles. The predicted molar refractivity (Wildman–Crippen MR) is 110 cm³/mol. The molecule has 1 N–H and O–H groups in total. The molecule has 142 valence electrons. The second-order valence-electron chi connectivity index (χ2n) is 6.73. The highest BCUT2D eigenvalue weighted by molar-refractivity contribution is 6.04. The lowest BCUT2D eigenvalue weighted by Gasteiger charge is -2.15. The van der Waals surface area contributed by atoms with Crippen molar-refractivity contribution in [1.29, 1.82) is 0 Å². The molecule has 0 aliphatic carbocycles. The van der Waals surface area contributed by atoms with E-state index in [9.17, 15) is 4.79 Å². The van der Waals surface area contributed by atoms with Crippen LogP contribution in [0.5, 0.6) is 5.75 Å². The van der Waals surface area contributed by atoms with Crippen molar-refractivity contribution in [2.45, 2.75) is 12.8 Å². The van der Waals surface area contributed by atoms with Gasteiger partial charge in [0.2, 0.25) is 0 Å². The molecule has 1 aliphatic heterocycles. The molecule has 28 heavy (non-hydrogen) atoms. The molecule has 0 saturated carbocycles. The number of methoxy groups -OCH3 is 1. The van der Waals surface area contributed by atoms with Crippen molar-refractivity contribution in [3.05, 3.63) is 66.2 Å². The lowest BCUT2D eigenvalue weighted by molar-refractivity contribution is 0.102. The van der Waals surface area contributed by atoms with Crippen LogP contribution in [0.2, 0.25) is 0 Å². The molecular formula is C22H22N4O2. The van der Waals surface area contributed by atoms with Crippen LogP contribution in [0.1, 0.15) is 23.2 Å². The second-order valence-corrected chi connectivity index (χ2v) is 6.73. The number of hydrogen-bond donors (Lipinski definition) is 1. The average molecular weight is 374 g/mol. The molecule has 6 heteroatoms. The van der Waals surface area contributed by atoms with Crippen LogP contribution in [0.25, 0.3) is 11.3 Å². The third kappa shape index (κ3) is 3.96. The number of nitrogens with zero attached hydrogens (tertiary/aromatic N) is 3. The van der Waals surface area contributed by atoms with Crippen molar-refractivity contribution in [1.82, 2.24) is 10.2 Å². The van der Waals surface area contributed by atoms with Crippen LogP contribution < -0.4 is 15.0 Å². The molecule has 1 aliphatic rings. The van der Waals surface area contributed by atoms with E-state index in [0.717, 1.165) is 35.9 Å². The van der Waals surface area contributed by atoms with Crippen molar-refractivity contribution in [3.63, 3.8) is 0 Å². The van der Waals surface area contributed by atoms with Gasteiger partial charge in [-0.2, -0.15) is 0 Å². The number of benzene rings is 2. The fourth-order valence-electron chi connectivity index (χ4n) is 3.29. The molecule has 0 radical (unpaired) electrons. The van der Waals surface area contributed by atoms with Gasteiger partial charge in [0.15, 0.2) is 5.82 Å². The summed E-state index contributed by atoms with van der Waals surface area (Å²) in [5.41, 5.74) is 3.04. The average Bonchev–Trinajstić information content (AvgIpc) is 3.29. The van der Waals surface area contributed by atoms with Crippen LogP contribution >= 0.6 is 0 Å². The SMILES string of the molecule is COc1cccc(C(=O)Nc2ccc(-c3ccc(N4CCCC4)nn3)cc2)c1. The Morgan fingerprint density at radius 1 is 1.00 bits per heavy atom. The molecule has 1 aromatic heterocycles. The molecule has 0 atom stereocenters. The Hall–Kier alpha value is -3.41. The molecule has 0 spiro atoms. The Morgan fingerprint density at radius 2 is 1.79 bits per heavy atom. The van der Waals surface area contributed by atoms with E-state index in [-0.39, 0.29) is 5.91 Å². The van der Waals surface area contributed by atoms with Crippen LogP contribution in [0.15, 0.2) is 60.7 Å². The summed E-state index contributed by atoms with van der Waals surface area (Å²) in [6, 6.07) is 18.7. The number of nitrogens with one attached hydrogen (secondary N) is 1. The van der Waals surface area contributed by atoms with E-state index in [4.69, 9.17) is 4.74 Å². The molecule has 0 unspecified atom stereocenters. The molecule has 0 bridgehead atoms. The molecule has 3 aromatic rings. The van der Waals surface area contributed by atoms with E-state index in [1.807, 2.05) is 42.5 Å². The van der Waals surface area contributed by atoms with Gasteiger partial charge in [-0.3, -0.25) is 4.79 Å². The van der Waals surface area contributed by atoms with Gasteiger partial charge in [-0.25, -0.2) is 0 Å². The number of aromatic nitrogens is 2. The lowest BCUT2D eigenvalue weighted by atomic mass is 10.1. The van der Waals surface area contributed by atoms with Gasteiger partial charge in [-0.1, -0.05) is 18.2 Å². The summed E-state index contributed by atoms with van der Waals surface area (Å²) in [5, 5.41) is 11.6. The molecular weight excluding hydrogens is 352 g/mol. The predicted octanol–water partition coefficient (Wildman–Crippen LogP) is 4.00. The van der Waals surface area contributed by atoms with Crippen LogP contribution in [0.4, 0.5) is 11.5 Å². The van der Waals surface area contributed by atoms with Gasteiger partial charge in [0.05, 0.1) is 12.8 Å². The number of ether oxygens (including phenoxy) is 1. The minimum Gasteiger partial charge on any atom is -0.497 e. The van der Waals surface area contributed by atoms with Gasteiger partial charge >= 0.3 is 0 Å². The number of carbonyl (C=O) groups excluding carboxylic acids is 1. The van der Waals surface area contributed by atoms with Crippen molar-refractivity contribution in [3.8, 4) is 17.0 Å². The highest BCUT2D eigenvalue weighted by Crippen LogP contribution is 2.23. The van der Waals surface area contributed by atoms with Crippen molar-refractivity contribution >= 4 is 17.4 Å². The summed E-state index contributed by atoms with van der Waals surface area (Å²) >= 11 is 0. The summed E-state index contributed by atoms with van der Waals surface area (Å²) in [6.45, 7) is 2.10. The highest BCUT2D eigenvalue weighted by atomic mass is 16.5. The zero-order chi connectivity index (χ0) is 19.3. The largest absolute Gasteiger partial charge is 0.497 e. The summed E-state index contributed by atoms with van der Waals surface area (Å²) in [7, 11) is 1.58. The maximum atomic E-state index is 12.4. The summed E-state index contributed by atoms with van der Waals surface area (Å²) in [6.07, 6.45) is 2.43. The van der Waals surface area contributed by atoms with E-state index in [2.05, 4.69) is 20.4 Å². The first-order chi connectivity index (χ1) is 13.7. The van der Waals surface area contributed by atoms with E-state index in [1.54, 1.807) is 25.3 Å². The van der Waals surface area contributed by atoms with E-state index < -0.39 is 0 Å².